The topological polar surface area (TPSA) is 694 Å². The van der Waals surface area contributed by atoms with Crippen LogP contribution in [-0.2, 0) is 96.8 Å². The summed E-state index contributed by atoms with van der Waals surface area (Å²) in [4.78, 5) is 280. The fourth-order valence-corrected chi connectivity index (χ4v) is 11.7. The van der Waals surface area contributed by atoms with Gasteiger partial charge in [0.25, 0.3) is 16.7 Å². The van der Waals surface area contributed by atoms with Gasteiger partial charge in [0, 0.05) is 128 Å². The van der Waals surface area contributed by atoms with Crippen molar-refractivity contribution < 1.29 is 57.5 Å². The number of imidazole rings is 3. The summed E-state index contributed by atoms with van der Waals surface area (Å²) in [6.07, 6.45) is 11.5. The van der Waals surface area contributed by atoms with Crippen LogP contribution in [0.25, 0.3) is 33.5 Å². The van der Waals surface area contributed by atoms with E-state index >= 15 is 0 Å². The first kappa shape index (κ1) is 93.2. The predicted octanol–water partition coefficient (Wildman–Crippen LogP) is -11.8. The van der Waals surface area contributed by atoms with Crippen LogP contribution in [0.1, 0.15) is 16.7 Å². The number of hydrogen-bond donors (Lipinski definition) is 14. The van der Waals surface area contributed by atoms with Gasteiger partial charge < -0.3 is 103 Å². The Hall–Kier alpha value is -15.4. The maximum absolute atomic E-state index is 13.8. The summed E-state index contributed by atoms with van der Waals surface area (Å²) in [6, 6.07) is 0. The minimum atomic E-state index is -0.887. The Kier molecular flexibility index (Phi) is 33.7. The Morgan fingerprint density at radius 3 is 0.764 bits per heavy atom. The molecule has 0 fully saturated rings. The van der Waals surface area contributed by atoms with Crippen LogP contribution in [0.3, 0.4) is 0 Å². The number of likely N-dealkylation sites (N-methyl/N-ethyl adjacent to an activating group) is 4. The van der Waals surface area contributed by atoms with Crippen LogP contribution >= 0.6 is 0 Å². The van der Waals surface area contributed by atoms with Gasteiger partial charge in [0.15, 0.2) is 34.4 Å². The number of carbonyl (C=O) groups is 12. The molecule has 9 rings (SSSR count). The number of aromatic amines is 3. The molecule has 0 radical (unpaired) electrons. The number of rotatable bonds is 42. The van der Waals surface area contributed by atoms with E-state index in [9.17, 15) is 86.3 Å². The number of aryl methyl sites for hydroxylation is 3. The average molecular weight is 1710 g/mol. The van der Waals surface area contributed by atoms with E-state index in [1.165, 1.54) is 125 Å². The van der Waals surface area contributed by atoms with Crippen LogP contribution in [0.15, 0.2) is 85.3 Å². The van der Waals surface area contributed by atoms with Crippen molar-refractivity contribution in [2.75, 3.05) is 163 Å². The van der Waals surface area contributed by atoms with Gasteiger partial charge in [-0.2, -0.15) is 0 Å². The van der Waals surface area contributed by atoms with Crippen molar-refractivity contribution in [3.05, 3.63) is 136 Å². The first-order valence-electron chi connectivity index (χ1n) is 37.8. The first-order chi connectivity index (χ1) is 58.7. The lowest BCUT2D eigenvalue weighted by Crippen LogP contribution is -2.49. The van der Waals surface area contributed by atoms with E-state index in [1.54, 1.807) is 14.1 Å². The number of nitrogen functional groups attached to an aromatic ring is 3. The van der Waals surface area contributed by atoms with E-state index in [0.29, 0.717) is 34.5 Å². The second-order valence-electron chi connectivity index (χ2n) is 27.4. The molecule has 9 aromatic rings. The molecule has 0 saturated carbocycles. The van der Waals surface area contributed by atoms with E-state index in [1.807, 2.05) is 0 Å². The molecule has 53 heteroatoms. The standard InChI is InChI=1S/C35H46N22O6.C35H49N13O12/c1-39-3-6-52(24(61)12-55-18-49-27-30(36)43-15-46-33(27)55)10-22(59)42-5-8-54(26(63)14-57-20-51-29-32(38)45-17-48-35(29)57)11-23(60)41-4-7-53(9-21(58)40-2)25(62)13-56-19-50-28-31(37)44-16-47-34(28)56;1-21-12-46(33(58)40-30(21)55)18-27(52)43(9-6-36-4)16-25(50)39-8-11-45(29(54)20-48-14-23(3)32(57)42-35(48)60)17-26(51)38-7-10-44(15-24(49)37-5)28(53)19-47-13-22(2)31(56)41-34(47)59/h15-20,39H,3-14H2,1-2H3,(H,40,58)(H,41,60)(H,42,59)(H2,36,43,46)(H2,37,44,47)(H2,38,45,48);12-14,36H,6-11,15-20H2,1-5H3,(H,37,49)(H,38,51)(H,39,50)(H,40,55,58)(H,41,56,59)(H,42,57,60). The molecule has 0 aromatic carbocycles. The Bertz CT molecular complexity index is 5760. The summed E-state index contributed by atoms with van der Waals surface area (Å²) in [5.74, 6) is -6.58. The smallest absolute Gasteiger partial charge is 0.328 e. The number of H-pyrrole nitrogens is 3. The summed E-state index contributed by atoms with van der Waals surface area (Å²) < 4.78 is 7.31. The van der Waals surface area contributed by atoms with Crippen LogP contribution < -0.4 is 93.5 Å². The van der Waals surface area contributed by atoms with E-state index < -0.39 is 150 Å². The fourth-order valence-electron chi connectivity index (χ4n) is 11.7. The Labute approximate surface area is 695 Å². The maximum atomic E-state index is 13.8. The molecule has 0 atom stereocenters. The van der Waals surface area contributed by atoms with Gasteiger partial charge in [0.05, 0.1) is 58.3 Å². The minimum Gasteiger partial charge on any atom is -0.382 e. The van der Waals surface area contributed by atoms with Crippen LogP contribution in [-0.4, -0.2) is 333 Å². The number of nitrogens with one attached hydrogen (secondary N) is 11. The number of nitrogens with zero attached hydrogens (tertiary/aromatic N) is 21. The highest BCUT2D eigenvalue weighted by Gasteiger charge is 2.28. The normalized spacial score (nSPS) is 11.0. The van der Waals surface area contributed by atoms with Crippen molar-refractivity contribution in [2.24, 2.45) is 0 Å². The van der Waals surface area contributed by atoms with E-state index in [0.717, 1.165) is 23.5 Å². The first-order valence-corrected chi connectivity index (χ1v) is 37.8. The number of amides is 12. The second-order valence-corrected chi connectivity index (χ2v) is 27.4. The van der Waals surface area contributed by atoms with Gasteiger partial charge in [-0.25, -0.2) is 59.2 Å². The summed E-state index contributed by atoms with van der Waals surface area (Å²) in [5.41, 5.74) is 15.7. The zero-order chi connectivity index (χ0) is 89.7. The average Bonchev–Trinajstić information content (AvgIpc) is 1.07. The SMILES string of the molecule is CNCCN(CC(=O)NCCN(CC(=O)NCCN(CC(=O)NC)C(=O)Cn1cc(C)c(=O)[nH]c1=O)C(=O)Cn1cc(C)c(=O)[nH]c1=O)C(=O)Cn1cc(C)c(=O)[nH]c1=O.CNCCN(CC(=O)NCCN(CC(=O)NCCN(CC(=O)NC)C(=O)Cn1cnc2c(N)ncnc21)C(=O)Cn1cnc2c(N)ncnc21)C(=O)Cn1cnc2c(N)ncnc21. The van der Waals surface area contributed by atoms with Crippen LogP contribution in [0.2, 0.25) is 0 Å². The molecule has 0 aliphatic heterocycles. The molecule has 0 unspecified atom stereocenters. The molecule has 0 spiro atoms. The van der Waals surface area contributed by atoms with E-state index in [2.05, 4.69) is 102 Å². The number of hydrogen-bond acceptors (Lipinski definition) is 32. The lowest BCUT2D eigenvalue weighted by Gasteiger charge is -2.25. The molecule has 0 aliphatic rings. The van der Waals surface area contributed by atoms with Crippen LogP contribution in [0.5, 0.6) is 0 Å². The number of fused-ring (bicyclic) bond motifs is 3. The lowest BCUT2D eigenvalue weighted by atomic mass is 10.3. The summed E-state index contributed by atoms with van der Waals surface area (Å²) >= 11 is 0. The molecule has 9 aromatic heterocycles. The Morgan fingerprint density at radius 1 is 0.317 bits per heavy atom. The van der Waals surface area contributed by atoms with Crippen molar-refractivity contribution in [2.45, 2.75) is 60.0 Å². The number of anilines is 3. The van der Waals surface area contributed by atoms with Gasteiger partial charge >= 0.3 is 17.1 Å². The van der Waals surface area contributed by atoms with Gasteiger partial charge in [0.1, 0.15) is 74.8 Å². The summed E-state index contributed by atoms with van der Waals surface area (Å²) in [6.45, 7) is -0.992. The second kappa shape index (κ2) is 44.4. The van der Waals surface area contributed by atoms with Crippen molar-refractivity contribution in [1.29, 1.82) is 0 Å². The lowest BCUT2D eigenvalue weighted by molar-refractivity contribution is -0.138. The van der Waals surface area contributed by atoms with E-state index in [4.69, 9.17) is 17.2 Å². The Morgan fingerprint density at radius 2 is 0.537 bits per heavy atom. The van der Waals surface area contributed by atoms with Crippen molar-refractivity contribution in [3.63, 3.8) is 0 Å². The molecule has 12 amide bonds. The molecule has 0 aliphatic carbocycles. The predicted molar refractivity (Wildman–Crippen MR) is 435 cm³/mol. The third-order valence-corrected chi connectivity index (χ3v) is 18.4. The molecule has 0 saturated heterocycles. The number of carbonyl (C=O) groups excluding carboxylic acids is 12. The third kappa shape index (κ3) is 26.6. The molecule has 17 N–H and O–H groups in total. The van der Waals surface area contributed by atoms with Crippen LogP contribution in [0.4, 0.5) is 17.5 Å². The Balaban J connectivity index is 0.000000306. The van der Waals surface area contributed by atoms with Crippen molar-refractivity contribution in [1.82, 2.24) is 159 Å². The summed E-state index contributed by atoms with van der Waals surface area (Å²) in [7, 11) is 6.11. The molecule has 123 heavy (non-hydrogen) atoms. The third-order valence-electron chi connectivity index (χ3n) is 18.4. The molecular weight excluding hydrogens is 1620 g/mol. The molecule has 0 bridgehead atoms. The van der Waals surface area contributed by atoms with Crippen molar-refractivity contribution in [3.8, 4) is 0 Å². The van der Waals surface area contributed by atoms with Gasteiger partial charge in [0.2, 0.25) is 70.9 Å². The number of aromatic nitrogens is 18. The van der Waals surface area contributed by atoms with Gasteiger partial charge in [-0.1, -0.05) is 0 Å². The maximum Gasteiger partial charge on any atom is 0.328 e. The minimum absolute atomic E-state index is 0.0649. The van der Waals surface area contributed by atoms with E-state index in [-0.39, 0.29) is 144 Å². The molecule has 658 valence electrons. The quantitative estimate of drug-likeness (QED) is 0.0169. The monoisotopic (exact) mass is 1710 g/mol. The zero-order valence-electron chi connectivity index (χ0n) is 68.1. The highest BCUT2D eigenvalue weighted by molar-refractivity contribution is 5.91. The zero-order valence-corrected chi connectivity index (χ0v) is 68.1. The largest absolute Gasteiger partial charge is 0.382 e. The fraction of sp³-hybridized carbons (Fsp3) is 0.443. The molecule has 53 nitrogen and oxygen atoms in total. The molecule has 9 heterocycles. The number of nitrogens with two attached hydrogens (primary N) is 3. The summed E-state index contributed by atoms with van der Waals surface area (Å²) in [5, 5.41) is 21.2. The van der Waals surface area contributed by atoms with Gasteiger partial charge in [-0.3, -0.25) is 101 Å². The van der Waals surface area contributed by atoms with Gasteiger partial charge in [-0.05, 0) is 34.9 Å². The van der Waals surface area contributed by atoms with Crippen LogP contribution in [0, 0.1) is 20.8 Å². The molecular formula is C70H95N35O18. The van der Waals surface area contributed by atoms with Gasteiger partial charge in [-0.15, -0.1) is 0 Å². The highest BCUT2D eigenvalue weighted by Crippen LogP contribution is 2.18. The van der Waals surface area contributed by atoms with Crippen molar-refractivity contribution >= 4 is 122 Å². The highest BCUT2D eigenvalue weighted by atomic mass is 16.2.